The topological polar surface area (TPSA) is 98.1 Å². The molecule has 4 aliphatic heterocycles. The summed E-state index contributed by atoms with van der Waals surface area (Å²) in [5.74, 6) is 0.546. The molecule has 13 heteroatoms. The largest absolute Gasteiger partial charge is 0.437 e. The minimum atomic E-state index is -4.66. The SMILES string of the molecule is C=O.CC.Cn1cc(NC(=O)C2=C3N=C(N4CCN5CCC4C5)C=CN3NC2)c(C(F)(F)F)n1. The fourth-order valence-corrected chi connectivity index (χ4v) is 4.33. The third-order valence-corrected chi connectivity index (χ3v) is 5.78. The molecule has 2 bridgehead atoms. The molecule has 5 rings (SSSR count). The van der Waals surface area contributed by atoms with E-state index in [2.05, 4.69) is 30.6 Å². The summed E-state index contributed by atoms with van der Waals surface area (Å²) in [5.41, 5.74) is 1.79. The van der Waals surface area contributed by atoms with E-state index in [4.69, 9.17) is 4.79 Å². The number of rotatable bonds is 2. The van der Waals surface area contributed by atoms with Crippen molar-refractivity contribution < 1.29 is 22.8 Å². The number of hydrogen-bond acceptors (Lipinski definition) is 8. The van der Waals surface area contributed by atoms with E-state index in [1.807, 2.05) is 26.7 Å². The first-order chi connectivity index (χ1) is 16.3. The van der Waals surface area contributed by atoms with Crippen molar-refractivity contribution in [3.8, 4) is 0 Å². The molecule has 2 saturated heterocycles. The number of aryl methyl sites for hydroxylation is 1. The average Bonchev–Trinajstić information content (AvgIpc) is 3.53. The molecule has 5 heterocycles. The van der Waals surface area contributed by atoms with Gasteiger partial charge in [-0.2, -0.15) is 18.3 Å². The number of aromatic nitrogens is 2. The summed E-state index contributed by atoms with van der Waals surface area (Å²) in [6.45, 7) is 10.1. The number of nitrogens with zero attached hydrogens (tertiary/aromatic N) is 6. The van der Waals surface area contributed by atoms with Gasteiger partial charge in [-0.25, -0.2) is 10.4 Å². The lowest BCUT2D eigenvalue weighted by atomic mass is 10.2. The molecule has 1 aromatic heterocycles. The van der Waals surface area contributed by atoms with Crippen molar-refractivity contribution in [1.29, 1.82) is 0 Å². The molecule has 0 spiro atoms. The third-order valence-electron chi connectivity index (χ3n) is 5.78. The Labute approximate surface area is 195 Å². The molecule has 34 heavy (non-hydrogen) atoms. The minimum absolute atomic E-state index is 0.168. The highest BCUT2D eigenvalue weighted by atomic mass is 19.4. The van der Waals surface area contributed by atoms with Crippen molar-refractivity contribution in [3.05, 3.63) is 35.6 Å². The predicted molar refractivity (Wildman–Crippen MR) is 120 cm³/mol. The van der Waals surface area contributed by atoms with Gasteiger partial charge in [-0.15, -0.1) is 0 Å². The molecular formula is C21H29F3N8O2. The van der Waals surface area contributed by atoms with E-state index in [-0.39, 0.29) is 17.8 Å². The van der Waals surface area contributed by atoms with Crippen molar-refractivity contribution in [1.82, 2.24) is 30.0 Å². The zero-order valence-corrected chi connectivity index (χ0v) is 19.4. The van der Waals surface area contributed by atoms with Gasteiger partial charge in [0.1, 0.15) is 12.6 Å². The average molecular weight is 483 g/mol. The lowest BCUT2D eigenvalue weighted by molar-refractivity contribution is -0.140. The zero-order chi connectivity index (χ0) is 25.0. The standard InChI is InChI=1S/C18H21F3N8O.C2H6.CH2O/c1-26-10-13(15(25-26)18(19,20)21)23-17(30)12-8-22-29-5-3-14(24-16(12)29)28-7-6-27-4-2-11(28)9-27;2*1-2/h3,5,10-11,22H,2,4,6-9H2,1H3,(H,23,30);1-2H3;1H2. The number of nitrogens with one attached hydrogen (secondary N) is 2. The second-order valence-electron chi connectivity index (χ2n) is 7.75. The van der Waals surface area contributed by atoms with Gasteiger partial charge in [0.15, 0.2) is 11.5 Å². The first-order valence-corrected chi connectivity index (χ1v) is 11.0. The van der Waals surface area contributed by atoms with Crippen LogP contribution in [0.15, 0.2) is 34.9 Å². The summed E-state index contributed by atoms with van der Waals surface area (Å²) >= 11 is 0. The maximum atomic E-state index is 13.2. The van der Waals surface area contributed by atoms with Crippen molar-refractivity contribution in [3.63, 3.8) is 0 Å². The summed E-state index contributed by atoms with van der Waals surface area (Å²) in [7, 11) is 1.37. The Bertz CT molecular complexity index is 1000. The van der Waals surface area contributed by atoms with Crippen LogP contribution >= 0.6 is 0 Å². The molecule has 2 N–H and O–H groups in total. The van der Waals surface area contributed by atoms with Gasteiger partial charge in [-0.05, 0) is 12.5 Å². The number of hydrazine groups is 1. The van der Waals surface area contributed by atoms with Crippen LogP contribution in [0.25, 0.3) is 0 Å². The van der Waals surface area contributed by atoms with E-state index < -0.39 is 17.8 Å². The van der Waals surface area contributed by atoms with Crippen LogP contribution in [-0.2, 0) is 22.8 Å². The van der Waals surface area contributed by atoms with Crippen LogP contribution in [0.1, 0.15) is 26.0 Å². The number of carbonyl (C=O) groups excluding carboxylic acids is 2. The highest BCUT2D eigenvalue weighted by molar-refractivity contribution is 6.06. The van der Waals surface area contributed by atoms with Crippen molar-refractivity contribution in [2.75, 3.05) is 38.0 Å². The molecule has 1 amide bonds. The molecule has 2 atom stereocenters. The number of hydrogen-bond donors (Lipinski definition) is 2. The second-order valence-corrected chi connectivity index (χ2v) is 7.75. The van der Waals surface area contributed by atoms with E-state index in [0.29, 0.717) is 11.9 Å². The summed E-state index contributed by atoms with van der Waals surface area (Å²) in [5, 5.41) is 7.40. The molecule has 186 valence electrons. The van der Waals surface area contributed by atoms with Crippen LogP contribution in [0.5, 0.6) is 0 Å². The van der Waals surface area contributed by atoms with E-state index >= 15 is 0 Å². The van der Waals surface area contributed by atoms with E-state index in [1.165, 1.54) is 7.05 Å². The molecule has 0 aliphatic carbocycles. The Morgan fingerprint density at radius 1 is 1.24 bits per heavy atom. The van der Waals surface area contributed by atoms with Crippen molar-refractivity contribution in [2.24, 2.45) is 12.0 Å². The fraction of sp³-hybridized carbons (Fsp3) is 0.524. The Morgan fingerprint density at radius 3 is 2.68 bits per heavy atom. The summed E-state index contributed by atoms with van der Waals surface area (Å²) in [6, 6.07) is 0.394. The minimum Gasteiger partial charge on any atom is -0.351 e. The molecule has 0 saturated carbocycles. The number of aliphatic imine (C=N–C) groups is 1. The van der Waals surface area contributed by atoms with Crippen LogP contribution in [0.3, 0.4) is 0 Å². The molecule has 2 fully saturated rings. The fourth-order valence-electron chi connectivity index (χ4n) is 4.33. The normalized spacial score (nSPS) is 22.9. The Morgan fingerprint density at radius 2 is 1.97 bits per heavy atom. The highest BCUT2D eigenvalue weighted by Gasteiger charge is 2.39. The summed E-state index contributed by atoms with van der Waals surface area (Å²) in [4.78, 5) is 30.2. The van der Waals surface area contributed by atoms with Crippen molar-refractivity contribution in [2.45, 2.75) is 32.5 Å². The van der Waals surface area contributed by atoms with Crippen LogP contribution in [0.4, 0.5) is 18.9 Å². The molecule has 0 radical (unpaired) electrons. The van der Waals surface area contributed by atoms with Gasteiger partial charge in [0, 0.05) is 58.2 Å². The monoisotopic (exact) mass is 482 g/mol. The molecule has 0 aromatic carbocycles. The second kappa shape index (κ2) is 10.4. The van der Waals surface area contributed by atoms with Gasteiger partial charge < -0.3 is 15.0 Å². The number of amidine groups is 1. The molecule has 10 nitrogen and oxygen atoms in total. The van der Waals surface area contributed by atoms with Crippen molar-refractivity contribution >= 4 is 24.2 Å². The number of halogens is 3. The van der Waals surface area contributed by atoms with Gasteiger partial charge in [0.05, 0.1) is 11.3 Å². The molecule has 2 unspecified atom stereocenters. The maximum Gasteiger partial charge on any atom is 0.437 e. The third kappa shape index (κ3) is 4.99. The Hall–Kier alpha value is -3.19. The maximum absolute atomic E-state index is 13.2. The molecule has 1 aromatic rings. The van der Waals surface area contributed by atoms with Gasteiger partial charge >= 0.3 is 6.18 Å². The van der Waals surface area contributed by atoms with Crippen LogP contribution < -0.4 is 10.7 Å². The van der Waals surface area contributed by atoms with E-state index in [0.717, 1.165) is 49.3 Å². The van der Waals surface area contributed by atoms with Gasteiger partial charge in [0.25, 0.3) is 5.91 Å². The van der Waals surface area contributed by atoms with Crippen LogP contribution in [0, 0.1) is 0 Å². The number of carbonyl (C=O) groups is 2. The number of fused-ring (bicyclic) bond motifs is 3. The van der Waals surface area contributed by atoms with Crippen LogP contribution in [0.2, 0.25) is 0 Å². The lowest BCUT2D eigenvalue weighted by Gasteiger charge is -2.37. The number of anilines is 1. The lowest BCUT2D eigenvalue weighted by Crippen LogP contribution is -2.49. The van der Waals surface area contributed by atoms with Gasteiger partial charge in [-0.3, -0.25) is 19.4 Å². The Balaban J connectivity index is 0.000000771. The number of piperazine rings is 1. The van der Waals surface area contributed by atoms with E-state index in [9.17, 15) is 18.0 Å². The first kappa shape index (κ1) is 25.4. The Kier molecular flexibility index (Phi) is 7.77. The molecular weight excluding hydrogens is 453 g/mol. The predicted octanol–water partition coefficient (Wildman–Crippen LogP) is 1.57. The van der Waals surface area contributed by atoms with E-state index in [1.54, 1.807) is 11.2 Å². The number of alkyl halides is 3. The smallest absolute Gasteiger partial charge is 0.351 e. The highest BCUT2D eigenvalue weighted by Crippen LogP contribution is 2.34. The summed E-state index contributed by atoms with van der Waals surface area (Å²) in [6.07, 6.45) is 1.24. The summed E-state index contributed by atoms with van der Waals surface area (Å²) < 4.78 is 40.6. The first-order valence-electron chi connectivity index (χ1n) is 11.0. The zero-order valence-electron chi connectivity index (χ0n) is 19.4. The van der Waals surface area contributed by atoms with Gasteiger partial charge in [0.2, 0.25) is 0 Å². The molecule has 4 aliphatic rings. The quantitative estimate of drug-likeness (QED) is 0.660. The number of amides is 1. The van der Waals surface area contributed by atoms with Gasteiger partial charge in [-0.1, -0.05) is 13.8 Å². The van der Waals surface area contributed by atoms with Crippen LogP contribution in [-0.4, -0.2) is 81.9 Å².